The van der Waals surface area contributed by atoms with E-state index in [0.717, 1.165) is 43.8 Å². The summed E-state index contributed by atoms with van der Waals surface area (Å²) >= 11 is 1.96. The summed E-state index contributed by atoms with van der Waals surface area (Å²) < 4.78 is 10.2. The Morgan fingerprint density at radius 3 is 2.48 bits per heavy atom. The van der Waals surface area contributed by atoms with Gasteiger partial charge in [0.05, 0.1) is 6.61 Å². The molecule has 0 aliphatic carbocycles. The van der Waals surface area contributed by atoms with Crippen molar-refractivity contribution in [3.8, 4) is 0 Å². The molecule has 0 amide bonds. The average Bonchev–Trinajstić information content (AvgIpc) is 2.41. The molecular formula is C16H33NO3S. The van der Waals surface area contributed by atoms with Crippen molar-refractivity contribution < 1.29 is 14.3 Å². The van der Waals surface area contributed by atoms with Crippen LogP contribution >= 0.6 is 11.8 Å². The molecule has 0 radical (unpaired) electrons. The lowest BCUT2D eigenvalue weighted by atomic mass is 9.94. The third-order valence-corrected chi connectivity index (χ3v) is 4.34. The van der Waals surface area contributed by atoms with Crippen LogP contribution in [0.1, 0.15) is 53.4 Å². The Morgan fingerprint density at radius 1 is 1.24 bits per heavy atom. The molecule has 0 aliphatic rings. The molecule has 0 rings (SSSR count). The van der Waals surface area contributed by atoms with Gasteiger partial charge in [0.25, 0.3) is 0 Å². The number of unbranched alkanes of at least 4 members (excludes halogenated alkanes) is 1. The first-order chi connectivity index (χ1) is 9.96. The molecule has 0 heterocycles. The highest BCUT2D eigenvalue weighted by molar-refractivity contribution is 7.99. The van der Waals surface area contributed by atoms with Crippen LogP contribution in [0.4, 0.5) is 0 Å². The third kappa shape index (κ3) is 10.1. The quantitative estimate of drug-likeness (QED) is 0.417. The number of hydrogen-bond acceptors (Lipinski definition) is 5. The second-order valence-electron chi connectivity index (χ2n) is 5.77. The van der Waals surface area contributed by atoms with Crippen molar-refractivity contribution in [1.29, 1.82) is 0 Å². The molecule has 0 saturated carbocycles. The van der Waals surface area contributed by atoms with Crippen LogP contribution in [0.2, 0.25) is 0 Å². The van der Waals surface area contributed by atoms with E-state index in [1.165, 1.54) is 0 Å². The van der Waals surface area contributed by atoms with Gasteiger partial charge in [-0.25, -0.2) is 0 Å². The Kier molecular flexibility index (Phi) is 12.1. The molecule has 0 aromatic rings. The van der Waals surface area contributed by atoms with E-state index >= 15 is 0 Å². The van der Waals surface area contributed by atoms with Gasteiger partial charge < -0.3 is 9.47 Å². The van der Waals surface area contributed by atoms with Crippen LogP contribution in [0.5, 0.6) is 0 Å². The summed E-state index contributed by atoms with van der Waals surface area (Å²) in [5, 5.41) is 3.36. The largest absolute Gasteiger partial charge is 0.465 e. The molecule has 126 valence electrons. The molecule has 0 aliphatic heterocycles. The summed E-state index contributed by atoms with van der Waals surface area (Å²) in [4.78, 5) is 12.1. The van der Waals surface area contributed by atoms with E-state index < -0.39 is 5.54 Å². The summed E-state index contributed by atoms with van der Waals surface area (Å²) in [7, 11) is 1.74. The van der Waals surface area contributed by atoms with Gasteiger partial charge in [-0.15, -0.1) is 0 Å². The fraction of sp³-hybridized carbons (Fsp3) is 0.938. The zero-order valence-corrected chi connectivity index (χ0v) is 15.2. The highest BCUT2D eigenvalue weighted by atomic mass is 32.2. The molecule has 0 bridgehead atoms. The van der Waals surface area contributed by atoms with E-state index in [9.17, 15) is 4.79 Å². The lowest BCUT2D eigenvalue weighted by Crippen LogP contribution is -2.53. The van der Waals surface area contributed by atoms with Crippen LogP contribution in [0.25, 0.3) is 0 Å². The van der Waals surface area contributed by atoms with Crippen molar-refractivity contribution in [1.82, 2.24) is 5.32 Å². The van der Waals surface area contributed by atoms with Gasteiger partial charge in [0, 0.05) is 19.8 Å². The highest BCUT2D eigenvalue weighted by Crippen LogP contribution is 2.18. The van der Waals surface area contributed by atoms with Crippen molar-refractivity contribution in [2.75, 3.05) is 31.8 Å². The molecule has 0 saturated heterocycles. The van der Waals surface area contributed by atoms with Gasteiger partial charge in [0.1, 0.15) is 5.54 Å². The summed E-state index contributed by atoms with van der Waals surface area (Å²) in [6, 6.07) is 0.267. The van der Waals surface area contributed by atoms with Gasteiger partial charge in [-0.3, -0.25) is 10.1 Å². The minimum atomic E-state index is -0.565. The number of thioether (sulfide) groups is 1. The van der Waals surface area contributed by atoms with Crippen LogP contribution in [0, 0.1) is 0 Å². The first-order valence-electron chi connectivity index (χ1n) is 7.98. The summed E-state index contributed by atoms with van der Waals surface area (Å²) in [5.74, 6) is 2.16. The number of ether oxygens (including phenoxy) is 2. The molecule has 5 heteroatoms. The van der Waals surface area contributed by atoms with E-state index in [1.54, 1.807) is 7.11 Å². The molecule has 0 fully saturated rings. The second kappa shape index (κ2) is 12.3. The SMILES string of the molecule is CCOC(=O)C(C)(CCCCSCCCOC)NC(C)C. The van der Waals surface area contributed by atoms with Crippen molar-refractivity contribution in [2.24, 2.45) is 0 Å². The lowest BCUT2D eigenvalue weighted by molar-refractivity contribution is -0.151. The Labute approximate surface area is 134 Å². The first-order valence-corrected chi connectivity index (χ1v) is 9.13. The van der Waals surface area contributed by atoms with Crippen molar-refractivity contribution in [3.63, 3.8) is 0 Å². The fourth-order valence-corrected chi connectivity index (χ4v) is 3.19. The normalized spacial score (nSPS) is 14.2. The number of methoxy groups -OCH3 is 1. The monoisotopic (exact) mass is 319 g/mol. The van der Waals surface area contributed by atoms with Crippen molar-refractivity contribution in [2.45, 2.75) is 65.0 Å². The number of carbonyl (C=O) groups is 1. The van der Waals surface area contributed by atoms with Gasteiger partial charge in [-0.2, -0.15) is 11.8 Å². The van der Waals surface area contributed by atoms with E-state index in [-0.39, 0.29) is 12.0 Å². The van der Waals surface area contributed by atoms with Crippen molar-refractivity contribution >= 4 is 17.7 Å². The number of carbonyl (C=O) groups excluding carboxylic acids is 1. The second-order valence-corrected chi connectivity index (χ2v) is 6.99. The van der Waals surface area contributed by atoms with E-state index in [0.29, 0.717) is 6.61 Å². The van der Waals surface area contributed by atoms with E-state index in [1.807, 2.05) is 25.6 Å². The molecule has 0 aromatic heterocycles. The third-order valence-electron chi connectivity index (χ3n) is 3.19. The van der Waals surface area contributed by atoms with Gasteiger partial charge in [-0.05, 0) is 58.5 Å². The Hall–Kier alpha value is -0.260. The maximum atomic E-state index is 12.1. The van der Waals surface area contributed by atoms with Gasteiger partial charge in [-0.1, -0.05) is 6.42 Å². The smallest absolute Gasteiger partial charge is 0.326 e. The van der Waals surface area contributed by atoms with Crippen LogP contribution in [-0.4, -0.2) is 49.4 Å². The number of esters is 1. The number of nitrogens with one attached hydrogen (secondary N) is 1. The maximum Gasteiger partial charge on any atom is 0.326 e. The standard InChI is InChI=1S/C16H33NO3S/c1-6-20-15(18)16(4,17-14(2)3)10-7-8-12-21-13-9-11-19-5/h14,17H,6-13H2,1-5H3. The molecule has 0 aromatic carbocycles. The molecule has 4 nitrogen and oxygen atoms in total. The van der Waals surface area contributed by atoms with Gasteiger partial charge in [0.2, 0.25) is 0 Å². The highest BCUT2D eigenvalue weighted by Gasteiger charge is 2.34. The molecule has 21 heavy (non-hydrogen) atoms. The minimum absolute atomic E-state index is 0.133. The predicted molar refractivity (Wildman–Crippen MR) is 91.0 cm³/mol. The average molecular weight is 320 g/mol. The zero-order chi connectivity index (χ0) is 16.1. The number of hydrogen-bond donors (Lipinski definition) is 1. The molecule has 1 atom stereocenters. The number of rotatable bonds is 13. The Balaban J connectivity index is 3.99. The van der Waals surface area contributed by atoms with Gasteiger partial charge >= 0.3 is 5.97 Å². The van der Waals surface area contributed by atoms with E-state index in [4.69, 9.17) is 9.47 Å². The molecule has 1 N–H and O–H groups in total. The predicted octanol–water partition coefficient (Wildman–Crippen LogP) is 3.25. The Bertz CT molecular complexity index is 274. The van der Waals surface area contributed by atoms with Crippen LogP contribution in [-0.2, 0) is 14.3 Å². The fourth-order valence-electron chi connectivity index (χ4n) is 2.25. The summed E-state index contributed by atoms with van der Waals surface area (Å²) in [6.45, 7) is 9.20. The van der Waals surface area contributed by atoms with Crippen LogP contribution < -0.4 is 5.32 Å². The summed E-state index contributed by atoms with van der Waals surface area (Å²) in [5.41, 5.74) is -0.565. The zero-order valence-electron chi connectivity index (χ0n) is 14.4. The molecular weight excluding hydrogens is 286 g/mol. The first kappa shape index (κ1) is 20.7. The minimum Gasteiger partial charge on any atom is -0.465 e. The van der Waals surface area contributed by atoms with Gasteiger partial charge in [0.15, 0.2) is 0 Å². The topological polar surface area (TPSA) is 47.6 Å². The van der Waals surface area contributed by atoms with Crippen molar-refractivity contribution in [3.05, 3.63) is 0 Å². The van der Waals surface area contributed by atoms with Crippen LogP contribution in [0.3, 0.4) is 0 Å². The van der Waals surface area contributed by atoms with E-state index in [2.05, 4.69) is 19.2 Å². The summed E-state index contributed by atoms with van der Waals surface area (Å²) in [6.07, 6.45) is 4.10. The van der Waals surface area contributed by atoms with Crippen LogP contribution in [0.15, 0.2) is 0 Å². The molecule has 1 unspecified atom stereocenters. The lowest BCUT2D eigenvalue weighted by Gasteiger charge is -2.30. The molecule has 0 spiro atoms. The maximum absolute atomic E-state index is 12.1. The Morgan fingerprint density at radius 2 is 1.90 bits per heavy atom.